The van der Waals surface area contributed by atoms with E-state index < -0.39 is 0 Å². The first kappa shape index (κ1) is 13.5. The molecule has 2 aromatic heterocycles. The molecule has 1 unspecified atom stereocenters. The van der Waals surface area contributed by atoms with Gasteiger partial charge in [-0.2, -0.15) is 4.98 Å². The van der Waals surface area contributed by atoms with Gasteiger partial charge in [0.1, 0.15) is 0 Å². The third-order valence-electron chi connectivity index (χ3n) is 3.35. The van der Waals surface area contributed by atoms with E-state index in [2.05, 4.69) is 15.1 Å². The van der Waals surface area contributed by atoms with Crippen LogP contribution in [0.4, 0.5) is 0 Å². The molecule has 3 rings (SSSR count). The Morgan fingerprint density at radius 1 is 1.19 bits per heavy atom. The Morgan fingerprint density at radius 2 is 2.00 bits per heavy atom. The molecular formula is C16H16N4O. The average molecular weight is 280 g/mol. The zero-order valence-corrected chi connectivity index (χ0v) is 11.7. The molecule has 2 N–H and O–H groups in total. The predicted octanol–water partition coefficient (Wildman–Crippen LogP) is 2.68. The Labute approximate surface area is 122 Å². The zero-order chi connectivity index (χ0) is 14.7. The fourth-order valence-electron chi connectivity index (χ4n) is 2.18. The summed E-state index contributed by atoms with van der Waals surface area (Å²) in [5.41, 5.74) is 9.16. The van der Waals surface area contributed by atoms with Crippen LogP contribution < -0.4 is 5.73 Å². The number of nitrogens with zero attached hydrogens (tertiary/aromatic N) is 3. The van der Waals surface area contributed by atoms with Crippen molar-refractivity contribution < 1.29 is 4.52 Å². The summed E-state index contributed by atoms with van der Waals surface area (Å²) in [4.78, 5) is 8.48. The molecule has 0 amide bonds. The smallest absolute Gasteiger partial charge is 0.228 e. The second-order valence-corrected chi connectivity index (χ2v) is 4.92. The Balaban J connectivity index is 1.78. The first-order valence-corrected chi connectivity index (χ1v) is 6.78. The van der Waals surface area contributed by atoms with Crippen molar-refractivity contribution in [2.24, 2.45) is 5.73 Å². The largest absolute Gasteiger partial charge is 0.339 e. The van der Waals surface area contributed by atoms with Gasteiger partial charge in [0.25, 0.3) is 0 Å². The van der Waals surface area contributed by atoms with Crippen LogP contribution in [-0.4, -0.2) is 15.1 Å². The van der Waals surface area contributed by atoms with E-state index in [1.807, 2.05) is 43.3 Å². The maximum atomic E-state index is 6.17. The first-order chi connectivity index (χ1) is 10.2. The monoisotopic (exact) mass is 280 g/mol. The molecule has 106 valence electrons. The fraction of sp³-hybridized carbons (Fsp3) is 0.188. The van der Waals surface area contributed by atoms with E-state index in [0.29, 0.717) is 18.1 Å². The number of rotatable bonds is 4. The van der Waals surface area contributed by atoms with Crippen LogP contribution in [0, 0.1) is 6.92 Å². The molecule has 5 heteroatoms. The molecule has 0 aliphatic heterocycles. The standard InChI is InChI=1S/C16H16N4O/c1-11-10-18-8-7-13(11)16-19-15(21-20-16)9-14(17)12-5-3-2-4-6-12/h2-8,10,14H,9,17H2,1H3. The molecule has 0 bridgehead atoms. The van der Waals surface area contributed by atoms with Crippen molar-refractivity contribution in [2.45, 2.75) is 19.4 Å². The molecule has 0 saturated heterocycles. The summed E-state index contributed by atoms with van der Waals surface area (Å²) >= 11 is 0. The maximum Gasteiger partial charge on any atom is 0.228 e. The Bertz CT molecular complexity index is 724. The van der Waals surface area contributed by atoms with Crippen LogP contribution in [0.25, 0.3) is 11.4 Å². The van der Waals surface area contributed by atoms with Crippen LogP contribution in [0.15, 0.2) is 53.3 Å². The molecule has 0 saturated carbocycles. The van der Waals surface area contributed by atoms with Crippen LogP contribution in [0.2, 0.25) is 0 Å². The van der Waals surface area contributed by atoms with Crippen LogP contribution in [0.5, 0.6) is 0 Å². The van der Waals surface area contributed by atoms with Crippen molar-refractivity contribution in [1.82, 2.24) is 15.1 Å². The van der Waals surface area contributed by atoms with Crippen LogP contribution in [0.3, 0.4) is 0 Å². The minimum atomic E-state index is -0.155. The van der Waals surface area contributed by atoms with E-state index in [0.717, 1.165) is 16.7 Å². The van der Waals surface area contributed by atoms with Gasteiger partial charge in [0.15, 0.2) is 0 Å². The van der Waals surface area contributed by atoms with Crippen LogP contribution in [0.1, 0.15) is 23.1 Å². The van der Waals surface area contributed by atoms with Crippen LogP contribution in [-0.2, 0) is 6.42 Å². The lowest BCUT2D eigenvalue weighted by Gasteiger charge is -2.08. The maximum absolute atomic E-state index is 6.17. The van der Waals surface area contributed by atoms with Crippen molar-refractivity contribution in [3.63, 3.8) is 0 Å². The van der Waals surface area contributed by atoms with Crippen molar-refractivity contribution in [3.05, 3.63) is 65.8 Å². The van der Waals surface area contributed by atoms with Gasteiger partial charge in [-0.3, -0.25) is 4.98 Å². The summed E-state index contributed by atoms with van der Waals surface area (Å²) in [5.74, 6) is 1.11. The number of pyridine rings is 1. The van der Waals surface area contributed by atoms with E-state index in [-0.39, 0.29) is 6.04 Å². The van der Waals surface area contributed by atoms with E-state index in [9.17, 15) is 0 Å². The molecule has 0 fully saturated rings. The first-order valence-electron chi connectivity index (χ1n) is 6.78. The fourth-order valence-corrected chi connectivity index (χ4v) is 2.18. The van der Waals surface area contributed by atoms with Gasteiger partial charge < -0.3 is 10.3 Å². The average Bonchev–Trinajstić information content (AvgIpc) is 2.97. The minimum absolute atomic E-state index is 0.155. The number of benzene rings is 1. The molecule has 1 atom stereocenters. The molecule has 0 spiro atoms. The topological polar surface area (TPSA) is 77.8 Å². The highest BCUT2D eigenvalue weighted by atomic mass is 16.5. The molecule has 0 aliphatic carbocycles. The molecule has 21 heavy (non-hydrogen) atoms. The van der Waals surface area contributed by atoms with Gasteiger partial charge in [0.2, 0.25) is 11.7 Å². The van der Waals surface area contributed by atoms with Gasteiger partial charge in [0.05, 0.1) is 0 Å². The Morgan fingerprint density at radius 3 is 2.76 bits per heavy atom. The number of aromatic nitrogens is 3. The van der Waals surface area contributed by atoms with E-state index in [1.54, 1.807) is 12.4 Å². The number of hydrogen-bond acceptors (Lipinski definition) is 5. The lowest BCUT2D eigenvalue weighted by molar-refractivity contribution is 0.370. The van der Waals surface area contributed by atoms with Crippen molar-refractivity contribution in [1.29, 1.82) is 0 Å². The SMILES string of the molecule is Cc1cnccc1-c1noc(CC(N)c2ccccc2)n1. The molecular weight excluding hydrogens is 264 g/mol. The van der Waals surface area contributed by atoms with E-state index in [1.165, 1.54) is 0 Å². The van der Waals surface area contributed by atoms with Gasteiger partial charge in [-0.05, 0) is 24.1 Å². The summed E-state index contributed by atoms with van der Waals surface area (Å²) in [6.45, 7) is 1.97. The summed E-state index contributed by atoms with van der Waals surface area (Å²) in [5, 5.41) is 4.02. The van der Waals surface area contributed by atoms with E-state index >= 15 is 0 Å². The second-order valence-electron chi connectivity index (χ2n) is 4.92. The Kier molecular flexibility index (Phi) is 3.75. The Hall–Kier alpha value is -2.53. The van der Waals surface area contributed by atoms with Gasteiger partial charge in [-0.25, -0.2) is 0 Å². The quantitative estimate of drug-likeness (QED) is 0.795. The summed E-state index contributed by atoms with van der Waals surface area (Å²) < 4.78 is 5.30. The van der Waals surface area contributed by atoms with Crippen molar-refractivity contribution in [2.75, 3.05) is 0 Å². The molecule has 3 aromatic rings. The van der Waals surface area contributed by atoms with E-state index in [4.69, 9.17) is 10.3 Å². The molecule has 2 heterocycles. The highest BCUT2D eigenvalue weighted by Crippen LogP contribution is 2.21. The highest BCUT2D eigenvalue weighted by molar-refractivity contribution is 5.57. The number of nitrogens with two attached hydrogens (primary N) is 1. The van der Waals surface area contributed by atoms with Crippen LogP contribution >= 0.6 is 0 Å². The van der Waals surface area contributed by atoms with Gasteiger partial charge in [-0.15, -0.1) is 0 Å². The summed E-state index contributed by atoms with van der Waals surface area (Å²) in [6.07, 6.45) is 4.01. The van der Waals surface area contributed by atoms with Crippen molar-refractivity contribution in [3.8, 4) is 11.4 Å². The third-order valence-corrected chi connectivity index (χ3v) is 3.35. The third kappa shape index (κ3) is 2.98. The predicted molar refractivity (Wildman–Crippen MR) is 79.3 cm³/mol. The van der Waals surface area contributed by atoms with Gasteiger partial charge in [-0.1, -0.05) is 35.5 Å². The highest BCUT2D eigenvalue weighted by Gasteiger charge is 2.14. The molecule has 0 radical (unpaired) electrons. The second kappa shape index (κ2) is 5.85. The summed E-state index contributed by atoms with van der Waals surface area (Å²) in [6, 6.07) is 11.6. The lowest BCUT2D eigenvalue weighted by Crippen LogP contribution is -2.13. The van der Waals surface area contributed by atoms with Crippen molar-refractivity contribution >= 4 is 0 Å². The normalized spacial score (nSPS) is 12.3. The molecule has 0 aliphatic rings. The molecule has 5 nitrogen and oxygen atoms in total. The minimum Gasteiger partial charge on any atom is -0.339 e. The number of aryl methyl sites for hydroxylation is 1. The van der Waals surface area contributed by atoms with Gasteiger partial charge in [0, 0.05) is 30.4 Å². The van der Waals surface area contributed by atoms with Gasteiger partial charge >= 0.3 is 0 Å². The number of hydrogen-bond donors (Lipinski definition) is 1. The molecule has 1 aromatic carbocycles. The zero-order valence-electron chi connectivity index (χ0n) is 11.7. The lowest BCUT2D eigenvalue weighted by atomic mass is 10.1. The summed E-state index contributed by atoms with van der Waals surface area (Å²) in [7, 11) is 0.